The van der Waals surface area contributed by atoms with E-state index in [9.17, 15) is 4.79 Å². The number of hydrogen-bond acceptors (Lipinski definition) is 4. The van der Waals surface area contributed by atoms with E-state index in [1.54, 1.807) is 14.2 Å². The summed E-state index contributed by atoms with van der Waals surface area (Å²) in [5.74, 6) is 1.16. The fraction of sp³-hybridized carbons (Fsp3) is 0.286. The Bertz CT molecular complexity index is 920. The molecule has 0 spiro atoms. The van der Waals surface area contributed by atoms with Gasteiger partial charge in [0.05, 0.1) is 14.2 Å². The highest BCUT2D eigenvalue weighted by molar-refractivity contribution is 5.84. The molecule has 3 rings (SSSR count). The number of nitrogens with two attached hydrogens (primary N) is 1. The van der Waals surface area contributed by atoms with Crippen molar-refractivity contribution < 1.29 is 14.3 Å². The van der Waals surface area contributed by atoms with Gasteiger partial charge in [0.1, 0.15) is 0 Å². The molecule has 0 fully saturated rings. The van der Waals surface area contributed by atoms with Crippen LogP contribution in [-0.4, -0.2) is 38.2 Å². The summed E-state index contributed by atoms with van der Waals surface area (Å²) in [5, 5.41) is 4.11. The highest BCUT2D eigenvalue weighted by Gasteiger charge is 2.24. The largest absolute Gasteiger partial charge is 0.493 e. The number of fused-ring (bicyclic) bond motifs is 1. The maximum atomic E-state index is 12.0. The predicted octanol–water partition coefficient (Wildman–Crippen LogP) is 2.78. The molecule has 6 heteroatoms. The SMILES string of the molecule is COc1cccc(C(CNC(=O)CCN)c2c[nH]c3ccccc23)c1OC. The van der Waals surface area contributed by atoms with Gasteiger partial charge in [-0.15, -0.1) is 0 Å². The summed E-state index contributed by atoms with van der Waals surface area (Å²) in [6.07, 6.45) is 2.29. The minimum atomic E-state index is -0.104. The number of aromatic amines is 1. The molecule has 1 unspecified atom stereocenters. The highest BCUT2D eigenvalue weighted by Crippen LogP contribution is 2.40. The molecule has 0 saturated heterocycles. The smallest absolute Gasteiger partial charge is 0.221 e. The van der Waals surface area contributed by atoms with Crippen LogP contribution >= 0.6 is 0 Å². The van der Waals surface area contributed by atoms with E-state index in [4.69, 9.17) is 15.2 Å². The molecule has 4 N–H and O–H groups in total. The van der Waals surface area contributed by atoms with Crippen molar-refractivity contribution in [3.8, 4) is 11.5 Å². The van der Waals surface area contributed by atoms with Gasteiger partial charge in [0.15, 0.2) is 11.5 Å². The van der Waals surface area contributed by atoms with Crippen molar-refractivity contribution in [3.05, 3.63) is 59.8 Å². The summed E-state index contributed by atoms with van der Waals surface area (Å²) in [7, 11) is 3.24. The van der Waals surface area contributed by atoms with Crippen LogP contribution in [0.4, 0.5) is 0 Å². The van der Waals surface area contributed by atoms with E-state index in [1.807, 2.05) is 42.6 Å². The molecule has 6 nitrogen and oxygen atoms in total. The van der Waals surface area contributed by atoms with Crippen LogP contribution in [0.2, 0.25) is 0 Å². The van der Waals surface area contributed by atoms with Crippen LogP contribution in [0.3, 0.4) is 0 Å². The predicted molar refractivity (Wildman–Crippen MR) is 106 cm³/mol. The maximum absolute atomic E-state index is 12.0. The van der Waals surface area contributed by atoms with Crippen LogP contribution in [0.1, 0.15) is 23.5 Å². The first-order valence-electron chi connectivity index (χ1n) is 8.93. The fourth-order valence-corrected chi connectivity index (χ4v) is 3.39. The van der Waals surface area contributed by atoms with E-state index in [1.165, 1.54) is 0 Å². The third-order valence-electron chi connectivity index (χ3n) is 4.68. The van der Waals surface area contributed by atoms with Crippen molar-refractivity contribution in [1.29, 1.82) is 0 Å². The minimum absolute atomic E-state index is 0.0656. The van der Waals surface area contributed by atoms with E-state index in [-0.39, 0.29) is 11.8 Å². The second kappa shape index (κ2) is 8.60. The number of methoxy groups -OCH3 is 2. The zero-order chi connectivity index (χ0) is 19.2. The molecule has 142 valence electrons. The zero-order valence-electron chi connectivity index (χ0n) is 15.6. The third-order valence-corrected chi connectivity index (χ3v) is 4.68. The Kier molecular flexibility index (Phi) is 5.98. The van der Waals surface area contributed by atoms with Crippen molar-refractivity contribution in [1.82, 2.24) is 10.3 Å². The van der Waals surface area contributed by atoms with Crippen LogP contribution in [0.25, 0.3) is 10.9 Å². The number of para-hydroxylation sites is 2. The number of rotatable bonds is 8. The molecule has 0 aliphatic carbocycles. The fourth-order valence-electron chi connectivity index (χ4n) is 3.39. The molecular formula is C21H25N3O3. The monoisotopic (exact) mass is 367 g/mol. The second-order valence-electron chi connectivity index (χ2n) is 6.27. The van der Waals surface area contributed by atoms with Crippen LogP contribution in [-0.2, 0) is 4.79 Å². The van der Waals surface area contributed by atoms with Gasteiger partial charge in [-0.3, -0.25) is 4.79 Å². The minimum Gasteiger partial charge on any atom is -0.493 e. The van der Waals surface area contributed by atoms with Gasteiger partial charge in [0.25, 0.3) is 0 Å². The molecule has 3 aromatic rings. The molecule has 2 aromatic carbocycles. The number of nitrogens with one attached hydrogen (secondary N) is 2. The van der Waals surface area contributed by atoms with Crippen LogP contribution in [0.15, 0.2) is 48.7 Å². The molecule has 1 atom stereocenters. The van der Waals surface area contributed by atoms with E-state index in [2.05, 4.69) is 16.4 Å². The lowest BCUT2D eigenvalue weighted by Crippen LogP contribution is -2.30. The number of carbonyl (C=O) groups is 1. The van der Waals surface area contributed by atoms with Crippen molar-refractivity contribution >= 4 is 16.8 Å². The lowest BCUT2D eigenvalue weighted by Gasteiger charge is -2.22. The van der Waals surface area contributed by atoms with E-state index < -0.39 is 0 Å². The first-order chi connectivity index (χ1) is 13.2. The Balaban J connectivity index is 2.07. The molecule has 0 radical (unpaired) electrons. The van der Waals surface area contributed by atoms with Crippen molar-refractivity contribution in [3.63, 3.8) is 0 Å². The summed E-state index contributed by atoms with van der Waals surface area (Å²) >= 11 is 0. The van der Waals surface area contributed by atoms with Gasteiger partial charge in [-0.25, -0.2) is 0 Å². The molecule has 0 aliphatic heterocycles. The number of H-pyrrole nitrogens is 1. The number of aromatic nitrogens is 1. The van der Waals surface area contributed by atoms with Gasteiger partial charge >= 0.3 is 0 Å². The Morgan fingerprint density at radius 1 is 1.11 bits per heavy atom. The van der Waals surface area contributed by atoms with Crippen LogP contribution < -0.4 is 20.5 Å². The number of ether oxygens (including phenoxy) is 2. The Labute approximate surface area is 158 Å². The summed E-state index contributed by atoms with van der Waals surface area (Å²) in [6, 6.07) is 13.9. The summed E-state index contributed by atoms with van der Waals surface area (Å²) in [5.41, 5.74) is 8.59. The zero-order valence-corrected chi connectivity index (χ0v) is 15.6. The lowest BCUT2D eigenvalue weighted by atomic mass is 9.89. The van der Waals surface area contributed by atoms with Crippen molar-refractivity contribution in [2.24, 2.45) is 5.73 Å². The average Bonchev–Trinajstić information content (AvgIpc) is 3.12. The van der Waals surface area contributed by atoms with E-state index in [0.29, 0.717) is 31.0 Å². The highest BCUT2D eigenvalue weighted by atomic mass is 16.5. The van der Waals surface area contributed by atoms with E-state index in [0.717, 1.165) is 22.0 Å². The maximum Gasteiger partial charge on any atom is 0.221 e. The van der Waals surface area contributed by atoms with Crippen molar-refractivity contribution in [2.45, 2.75) is 12.3 Å². The molecule has 0 bridgehead atoms. The quantitative estimate of drug-likeness (QED) is 0.571. The van der Waals surface area contributed by atoms with Gasteiger partial charge in [-0.2, -0.15) is 0 Å². The first-order valence-corrected chi connectivity index (χ1v) is 8.93. The third kappa shape index (κ3) is 3.90. The van der Waals surface area contributed by atoms with Crippen molar-refractivity contribution in [2.75, 3.05) is 27.3 Å². The molecule has 1 heterocycles. The Morgan fingerprint density at radius 2 is 1.93 bits per heavy atom. The number of hydrogen-bond donors (Lipinski definition) is 3. The Hall–Kier alpha value is -2.99. The number of benzene rings is 2. The van der Waals surface area contributed by atoms with Gasteiger partial charge in [-0.1, -0.05) is 30.3 Å². The Morgan fingerprint density at radius 3 is 2.67 bits per heavy atom. The molecule has 0 aliphatic rings. The molecular weight excluding hydrogens is 342 g/mol. The van der Waals surface area contributed by atoms with Gasteiger partial charge < -0.3 is 25.5 Å². The second-order valence-corrected chi connectivity index (χ2v) is 6.27. The molecule has 0 saturated carbocycles. The molecule has 1 aromatic heterocycles. The van der Waals surface area contributed by atoms with Gasteiger partial charge in [0, 0.05) is 48.1 Å². The normalized spacial score (nSPS) is 12.0. The summed E-state index contributed by atoms with van der Waals surface area (Å²) in [4.78, 5) is 15.3. The topological polar surface area (TPSA) is 89.4 Å². The summed E-state index contributed by atoms with van der Waals surface area (Å²) < 4.78 is 11.1. The van der Waals surface area contributed by atoms with Gasteiger partial charge in [0.2, 0.25) is 5.91 Å². The van der Waals surface area contributed by atoms with Crippen LogP contribution in [0, 0.1) is 0 Å². The molecule has 1 amide bonds. The number of amides is 1. The van der Waals surface area contributed by atoms with Gasteiger partial charge in [-0.05, 0) is 17.7 Å². The first kappa shape index (κ1) is 18.8. The molecule has 27 heavy (non-hydrogen) atoms. The standard InChI is InChI=1S/C21H25N3O3/c1-26-19-9-5-7-15(21(19)27-2)17(13-24-20(25)10-11-22)16-12-23-18-8-4-3-6-14(16)18/h3-9,12,17,23H,10-11,13,22H2,1-2H3,(H,24,25). The van der Waals surface area contributed by atoms with Crippen LogP contribution in [0.5, 0.6) is 11.5 Å². The number of carbonyl (C=O) groups excluding carboxylic acids is 1. The van der Waals surface area contributed by atoms with E-state index >= 15 is 0 Å². The summed E-state index contributed by atoms with van der Waals surface area (Å²) in [6.45, 7) is 0.760. The lowest BCUT2D eigenvalue weighted by molar-refractivity contribution is -0.120. The average molecular weight is 367 g/mol.